The van der Waals surface area contributed by atoms with Crippen LogP contribution in [0.2, 0.25) is 0 Å². The van der Waals surface area contributed by atoms with Crippen LogP contribution in [-0.2, 0) is 9.53 Å². The molecule has 0 heterocycles. The van der Waals surface area contributed by atoms with Gasteiger partial charge < -0.3 is 9.64 Å². The summed E-state index contributed by atoms with van der Waals surface area (Å²) in [6, 6.07) is 2.19. The molecule has 0 bridgehead atoms. The Kier molecular flexibility index (Phi) is 4.80. The van der Waals surface area contributed by atoms with Crippen molar-refractivity contribution < 1.29 is 18.8 Å². The highest BCUT2D eigenvalue weighted by molar-refractivity contribution is 5.77. The van der Waals surface area contributed by atoms with Crippen LogP contribution in [0.1, 0.15) is 12.5 Å². The van der Waals surface area contributed by atoms with Crippen LogP contribution in [0.3, 0.4) is 0 Å². The van der Waals surface area contributed by atoms with Crippen LogP contribution in [-0.4, -0.2) is 31.1 Å². The number of nitro groups is 1. The summed E-state index contributed by atoms with van der Waals surface area (Å²) < 4.78 is 18.1. The van der Waals surface area contributed by atoms with E-state index < -0.39 is 16.7 Å². The van der Waals surface area contributed by atoms with E-state index in [0.717, 1.165) is 6.07 Å². The van der Waals surface area contributed by atoms with Gasteiger partial charge in [-0.2, -0.15) is 0 Å². The normalized spacial score (nSPS) is 10.1. The molecule has 0 N–H and O–H groups in total. The second-order valence-electron chi connectivity index (χ2n) is 4.01. The maximum absolute atomic E-state index is 13.4. The van der Waals surface area contributed by atoms with Crippen molar-refractivity contribution in [1.82, 2.24) is 0 Å². The maximum Gasteiger partial charge on any atom is 0.325 e. The van der Waals surface area contributed by atoms with E-state index in [-0.39, 0.29) is 30.1 Å². The van der Waals surface area contributed by atoms with Gasteiger partial charge in [-0.05, 0) is 25.5 Å². The number of ether oxygens (including phenoxy) is 1. The van der Waals surface area contributed by atoms with Gasteiger partial charge in [0.05, 0.1) is 17.6 Å². The lowest BCUT2D eigenvalue weighted by Gasteiger charge is -2.18. The predicted octanol–water partition coefficient (Wildman–Crippen LogP) is 2.04. The first-order valence-electron chi connectivity index (χ1n) is 5.68. The molecular weight excluding hydrogens is 255 g/mol. The third kappa shape index (κ3) is 3.64. The van der Waals surface area contributed by atoms with Crippen LogP contribution in [0.4, 0.5) is 15.8 Å². The number of nitro benzene ring substituents is 1. The number of esters is 1. The van der Waals surface area contributed by atoms with E-state index in [1.54, 1.807) is 6.92 Å². The van der Waals surface area contributed by atoms with Crippen LogP contribution >= 0.6 is 0 Å². The monoisotopic (exact) mass is 270 g/mol. The zero-order valence-corrected chi connectivity index (χ0v) is 11.0. The number of likely N-dealkylation sites (N-methyl/N-ethyl adjacent to an activating group) is 1. The number of hydrogen-bond acceptors (Lipinski definition) is 5. The fourth-order valence-corrected chi connectivity index (χ4v) is 1.59. The summed E-state index contributed by atoms with van der Waals surface area (Å²) in [6.45, 7) is 3.26. The van der Waals surface area contributed by atoms with Crippen molar-refractivity contribution in [2.24, 2.45) is 0 Å². The summed E-state index contributed by atoms with van der Waals surface area (Å²) in [4.78, 5) is 22.9. The minimum absolute atomic E-state index is 0.139. The number of rotatable bonds is 5. The Balaban J connectivity index is 3.07. The Labute approximate surface area is 109 Å². The summed E-state index contributed by atoms with van der Waals surface area (Å²) in [6.07, 6.45) is 0. The molecule has 1 rings (SSSR count). The quantitative estimate of drug-likeness (QED) is 0.465. The fraction of sp³-hybridized carbons (Fsp3) is 0.417. The van der Waals surface area contributed by atoms with Gasteiger partial charge in [0.15, 0.2) is 0 Å². The highest BCUT2D eigenvalue weighted by atomic mass is 19.1. The third-order valence-corrected chi connectivity index (χ3v) is 2.54. The van der Waals surface area contributed by atoms with Gasteiger partial charge in [-0.3, -0.25) is 14.9 Å². The molecule has 0 radical (unpaired) electrons. The predicted molar refractivity (Wildman–Crippen MR) is 67.7 cm³/mol. The average molecular weight is 270 g/mol. The first-order valence-corrected chi connectivity index (χ1v) is 5.68. The van der Waals surface area contributed by atoms with Crippen LogP contribution in [0.5, 0.6) is 0 Å². The van der Waals surface area contributed by atoms with Crippen LogP contribution in [0.15, 0.2) is 12.1 Å². The number of carbonyl (C=O) groups is 1. The number of anilines is 1. The van der Waals surface area contributed by atoms with E-state index in [2.05, 4.69) is 0 Å². The van der Waals surface area contributed by atoms with Crippen molar-refractivity contribution in [2.75, 3.05) is 25.1 Å². The van der Waals surface area contributed by atoms with E-state index in [1.807, 2.05) is 0 Å². The van der Waals surface area contributed by atoms with Crippen molar-refractivity contribution in [3.63, 3.8) is 0 Å². The molecule has 1 aromatic carbocycles. The summed E-state index contributed by atoms with van der Waals surface area (Å²) in [5.41, 5.74) is 0.0724. The van der Waals surface area contributed by atoms with Gasteiger partial charge in [-0.25, -0.2) is 4.39 Å². The standard InChI is InChI=1S/C12H15FN2O4/c1-4-19-12(16)7-14(3)10-5-8(2)9(13)6-11(10)15(17)18/h5-6H,4,7H2,1-3H3. The number of halogens is 1. The molecule has 0 saturated carbocycles. The first-order chi connectivity index (χ1) is 8.86. The van der Waals surface area contributed by atoms with Crippen LogP contribution in [0.25, 0.3) is 0 Å². The molecule has 0 amide bonds. The highest BCUT2D eigenvalue weighted by Gasteiger charge is 2.21. The van der Waals surface area contributed by atoms with Crippen molar-refractivity contribution in [3.8, 4) is 0 Å². The molecule has 0 saturated heterocycles. The smallest absolute Gasteiger partial charge is 0.325 e. The van der Waals surface area contributed by atoms with Gasteiger partial charge >= 0.3 is 5.97 Å². The molecule has 1 aromatic rings. The summed E-state index contributed by atoms with van der Waals surface area (Å²) in [7, 11) is 1.51. The molecule has 0 atom stereocenters. The Morgan fingerprint density at radius 3 is 2.68 bits per heavy atom. The topological polar surface area (TPSA) is 72.7 Å². The SMILES string of the molecule is CCOC(=O)CN(C)c1cc(C)c(F)cc1[N+](=O)[O-]. The minimum Gasteiger partial charge on any atom is -0.465 e. The van der Waals surface area contributed by atoms with Crippen LogP contribution in [0, 0.1) is 22.9 Å². The molecule has 6 nitrogen and oxygen atoms in total. The zero-order valence-electron chi connectivity index (χ0n) is 11.0. The number of aryl methyl sites for hydroxylation is 1. The first kappa shape index (κ1) is 14.9. The van der Waals surface area contributed by atoms with E-state index >= 15 is 0 Å². The molecule has 0 unspecified atom stereocenters. The summed E-state index contributed by atoms with van der Waals surface area (Å²) in [5.74, 6) is -1.15. The molecule has 19 heavy (non-hydrogen) atoms. The minimum atomic E-state index is -0.681. The fourth-order valence-electron chi connectivity index (χ4n) is 1.59. The Morgan fingerprint density at radius 1 is 1.53 bits per heavy atom. The zero-order chi connectivity index (χ0) is 14.6. The molecular formula is C12H15FN2O4. The van der Waals surface area contributed by atoms with Gasteiger partial charge in [-0.1, -0.05) is 0 Å². The molecule has 0 aliphatic rings. The van der Waals surface area contributed by atoms with Crippen LogP contribution < -0.4 is 4.90 Å². The van der Waals surface area contributed by atoms with Crippen molar-refractivity contribution in [3.05, 3.63) is 33.6 Å². The molecule has 0 aliphatic heterocycles. The van der Waals surface area contributed by atoms with Gasteiger partial charge in [0, 0.05) is 7.05 Å². The van der Waals surface area contributed by atoms with Crippen molar-refractivity contribution >= 4 is 17.3 Å². The lowest BCUT2D eigenvalue weighted by Crippen LogP contribution is -2.27. The van der Waals surface area contributed by atoms with E-state index in [1.165, 1.54) is 24.9 Å². The molecule has 0 aromatic heterocycles. The largest absolute Gasteiger partial charge is 0.465 e. The molecule has 0 fully saturated rings. The van der Waals surface area contributed by atoms with E-state index in [4.69, 9.17) is 4.74 Å². The molecule has 104 valence electrons. The Bertz CT molecular complexity index is 505. The molecule has 0 spiro atoms. The van der Waals surface area contributed by atoms with E-state index in [9.17, 15) is 19.3 Å². The van der Waals surface area contributed by atoms with Gasteiger partial charge in [0.1, 0.15) is 18.0 Å². The lowest BCUT2D eigenvalue weighted by molar-refractivity contribution is -0.384. The number of benzene rings is 1. The lowest BCUT2D eigenvalue weighted by atomic mass is 10.1. The number of carbonyl (C=O) groups excluding carboxylic acids is 1. The maximum atomic E-state index is 13.4. The number of nitrogens with zero attached hydrogens (tertiary/aromatic N) is 2. The van der Waals surface area contributed by atoms with Gasteiger partial charge in [-0.15, -0.1) is 0 Å². The highest BCUT2D eigenvalue weighted by Crippen LogP contribution is 2.30. The third-order valence-electron chi connectivity index (χ3n) is 2.54. The average Bonchev–Trinajstić information content (AvgIpc) is 2.31. The van der Waals surface area contributed by atoms with Crippen molar-refractivity contribution in [2.45, 2.75) is 13.8 Å². The van der Waals surface area contributed by atoms with Gasteiger partial charge in [0.2, 0.25) is 0 Å². The second kappa shape index (κ2) is 6.12. The van der Waals surface area contributed by atoms with E-state index in [0.29, 0.717) is 0 Å². The van der Waals surface area contributed by atoms with Gasteiger partial charge in [0.25, 0.3) is 5.69 Å². The summed E-state index contributed by atoms with van der Waals surface area (Å²) >= 11 is 0. The second-order valence-corrected chi connectivity index (χ2v) is 4.01. The summed E-state index contributed by atoms with van der Waals surface area (Å²) in [5, 5.41) is 10.9. The number of hydrogen-bond donors (Lipinski definition) is 0. The Morgan fingerprint density at radius 2 is 2.16 bits per heavy atom. The molecule has 7 heteroatoms. The molecule has 0 aliphatic carbocycles. The van der Waals surface area contributed by atoms with Crippen molar-refractivity contribution in [1.29, 1.82) is 0 Å². The Hall–Kier alpha value is -2.18.